The molecule has 1 amide bonds. The number of alkyl halides is 1. The fraction of sp³-hybridized carbons (Fsp3) is 0.455. The standard InChI is InChI=1S/C11H15ClN2O/c1-8(6-12)11(15)14-9(2)10-4-3-5-13-7-10/h3-5,7-9H,6H2,1-2H3,(H,14,15)/t8?,9-/m1/s1. The molecule has 0 aliphatic rings. The molecule has 0 spiro atoms. The second kappa shape index (κ2) is 5.71. The van der Waals surface area contributed by atoms with E-state index >= 15 is 0 Å². The van der Waals surface area contributed by atoms with E-state index in [2.05, 4.69) is 10.3 Å². The van der Waals surface area contributed by atoms with Crippen LogP contribution in [0.5, 0.6) is 0 Å². The van der Waals surface area contributed by atoms with Crippen molar-refractivity contribution in [3.05, 3.63) is 30.1 Å². The number of carbonyl (C=O) groups is 1. The van der Waals surface area contributed by atoms with Crippen molar-refractivity contribution in [1.82, 2.24) is 10.3 Å². The van der Waals surface area contributed by atoms with E-state index < -0.39 is 0 Å². The zero-order chi connectivity index (χ0) is 11.3. The van der Waals surface area contributed by atoms with Crippen LogP contribution >= 0.6 is 11.6 Å². The van der Waals surface area contributed by atoms with Gasteiger partial charge < -0.3 is 5.32 Å². The molecule has 0 bridgehead atoms. The third-order valence-electron chi connectivity index (χ3n) is 2.22. The fourth-order valence-electron chi connectivity index (χ4n) is 1.14. The third-order valence-corrected chi connectivity index (χ3v) is 2.69. The third kappa shape index (κ3) is 3.51. The summed E-state index contributed by atoms with van der Waals surface area (Å²) in [7, 11) is 0. The van der Waals surface area contributed by atoms with Gasteiger partial charge in [-0.25, -0.2) is 0 Å². The monoisotopic (exact) mass is 226 g/mol. The van der Waals surface area contributed by atoms with Gasteiger partial charge in [-0.05, 0) is 18.6 Å². The molecule has 4 heteroatoms. The van der Waals surface area contributed by atoms with Crippen LogP contribution in [0.3, 0.4) is 0 Å². The van der Waals surface area contributed by atoms with Crippen molar-refractivity contribution >= 4 is 17.5 Å². The van der Waals surface area contributed by atoms with Crippen molar-refractivity contribution < 1.29 is 4.79 Å². The molecule has 3 nitrogen and oxygen atoms in total. The lowest BCUT2D eigenvalue weighted by molar-refractivity contribution is -0.124. The number of nitrogens with zero attached hydrogens (tertiary/aromatic N) is 1. The average Bonchev–Trinajstić information content (AvgIpc) is 2.29. The highest BCUT2D eigenvalue weighted by Crippen LogP contribution is 2.11. The number of nitrogens with one attached hydrogen (secondary N) is 1. The summed E-state index contributed by atoms with van der Waals surface area (Å²) in [6, 6.07) is 3.75. The molecule has 0 aromatic carbocycles. The Morgan fingerprint density at radius 3 is 2.87 bits per heavy atom. The minimum Gasteiger partial charge on any atom is -0.349 e. The molecule has 1 rings (SSSR count). The summed E-state index contributed by atoms with van der Waals surface area (Å²) < 4.78 is 0. The van der Waals surface area contributed by atoms with Gasteiger partial charge in [-0.1, -0.05) is 13.0 Å². The molecule has 0 radical (unpaired) electrons. The average molecular weight is 227 g/mol. The van der Waals surface area contributed by atoms with E-state index in [1.54, 1.807) is 19.3 Å². The highest BCUT2D eigenvalue weighted by atomic mass is 35.5. The first kappa shape index (κ1) is 12.0. The fourth-order valence-corrected chi connectivity index (χ4v) is 1.28. The Morgan fingerprint density at radius 2 is 2.33 bits per heavy atom. The molecule has 0 saturated heterocycles. The normalized spacial score (nSPS) is 14.3. The molecule has 0 aliphatic heterocycles. The van der Waals surface area contributed by atoms with Crippen LogP contribution in [0.4, 0.5) is 0 Å². The summed E-state index contributed by atoms with van der Waals surface area (Å²) >= 11 is 5.60. The van der Waals surface area contributed by atoms with Crippen molar-refractivity contribution in [2.75, 3.05) is 5.88 Å². The lowest BCUT2D eigenvalue weighted by Gasteiger charge is -2.16. The summed E-state index contributed by atoms with van der Waals surface area (Å²) in [5, 5.41) is 2.88. The highest BCUT2D eigenvalue weighted by molar-refractivity contribution is 6.19. The van der Waals surface area contributed by atoms with Gasteiger partial charge in [-0.2, -0.15) is 0 Å². The molecule has 0 fully saturated rings. The Hall–Kier alpha value is -1.09. The highest BCUT2D eigenvalue weighted by Gasteiger charge is 2.14. The minimum atomic E-state index is -0.161. The Labute approximate surface area is 94.9 Å². The maximum absolute atomic E-state index is 11.5. The summed E-state index contributed by atoms with van der Waals surface area (Å²) in [5.74, 6) is 0.151. The first-order chi connectivity index (χ1) is 7.15. The van der Waals surface area contributed by atoms with Crippen LogP contribution in [0.1, 0.15) is 25.5 Å². The van der Waals surface area contributed by atoms with Crippen LogP contribution in [0.25, 0.3) is 0 Å². The van der Waals surface area contributed by atoms with Crippen molar-refractivity contribution in [3.63, 3.8) is 0 Å². The predicted octanol–water partition coefficient (Wildman–Crippen LogP) is 2.13. The van der Waals surface area contributed by atoms with Crippen LogP contribution < -0.4 is 5.32 Å². The Balaban J connectivity index is 2.56. The lowest BCUT2D eigenvalue weighted by atomic mass is 10.1. The van der Waals surface area contributed by atoms with E-state index in [1.807, 2.05) is 19.1 Å². The lowest BCUT2D eigenvalue weighted by Crippen LogP contribution is -2.32. The quantitative estimate of drug-likeness (QED) is 0.800. The molecule has 2 atom stereocenters. The van der Waals surface area contributed by atoms with Crippen molar-refractivity contribution in [2.24, 2.45) is 5.92 Å². The minimum absolute atomic E-state index is 0.0265. The molecule has 1 aromatic rings. The largest absolute Gasteiger partial charge is 0.349 e. The predicted molar refractivity (Wildman–Crippen MR) is 60.7 cm³/mol. The van der Waals surface area contributed by atoms with E-state index in [-0.39, 0.29) is 17.9 Å². The number of hydrogen-bond donors (Lipinski definition) is 1. The molecule has 82 valence electrons. The first-order valence-electron chi connectivity index (χ1n) is 4.91. The van der Waals surface area contributed by atoms with Gasteiger partial charge in [0.1, 0.15) is 0 Å². The Kier molecular flexibility index (Phi) is 4.56. The zero-order valence-electron chi connectivity index (χ0n) is 8.90. The van der Waals surface area contributed by atoms with Gasteiger partial charge in [-0.15, -0.1) is 11.6 Å². The van der Waals surface area contributed by atoms with E-state index in [0.29, 0.717) is 5.88 Å². The Bertz CT molecular complexity index is 316. The van der Waals surface area contributed by atoms with E-state index in [9.17, 15) is 4.79 Å². The number of rotatable bonds is 4. The molecule has 0 aliphatic carbocycles. The number of carbonyl (C=O) groups excluding carboxylic acids is 1. The van der Waals surface area contributed by atoms with E-state index in [4.69, 9.17) is 11.6 Å². The van der Waals surface area contributed by atoms with Crippen LogP contribution in [0.15, 0.2) is 24.5 Å². The van der Waals surface area contributed by atoms with Crippen molar-refractivity contribution in [1.29, 1.82) is 0 Å². The molecule has 1 unspecified atom stereocenters. The summed E-state index contributed by atoms with van der Waals surface area (Å²) in [4.78, 5) is 15.5. The second-order valence-electron chi connectivity index (χ2n) is 3.57. The number of hydrogen-bond acceptors (Lipinski definition) is 2. The molecule has 1 heterocycles. The van der Waals surface area contributed by atoms with Crippen LogP contribution in [-0.4, -0.2) is 16.8 Å². The SMILES string of the molecule is CC(CCl)C(=O)N[C@H](C)c1cccnc1. The van der Waals surface area contributed by atoms with Crippen molar-refractivity contribution in [3.8, 4) is 0 Å². The molecule has 1 aromatic heterocycles. The molecule has 15 heavy (non-hydrogen) atoms. The van der Waals surface area contributed by atoms with Crippen LogP contribution in [0.2, 0.25) is 0 Å². The summed E-state index contributed by atoms with van der Waals surface area (Å²) in [6.07, 6.45) is 3.45. The van der Waals surface area contributed by atoms with E-state index in [0.717, 1.165) is 5.56 Å². The van der Waals surface area contributed by atoms with E-state index in [1.165, 1.54) is 0 Å². The van der Waals surface area contributed by atoms with Crippen LogP contribution in [0, 0.1) is 5.92 Å². The number of pyridine rings is 1. The van der Waals surface area contributed by atoms with Gasteiger partial charge in [0.05, 0.1) is 6.04 Å². The van der Waals surface area contributed by atoms with Gasteiger partial charge in [0, 0.05) is 24.2 Å². The van der Waals surface area contributed by atoms with Crippen LogP contribution in [-0.2, 0) is 4.79 Å². The number of halogens is 1. The smallest absolute Gasteiger partial charge is 0.224 e. The number of amides is 1. The molecular weight excluding hydrogens is 212 g/mol. The maximum atomic E-state index is 11.5. The summed E-state index contributed by atoms with van der Waals surface area (Å²) in [6.45, 7) is 3.73. The topological polar surface area (TPSA) is 42.0 Å². The summed E-state index contributed by atoms with van der Waals surface area (Å²) in [5.41, 5.74) is 0.993. The van der Waals surface area contributed by atoms with Crippen molar-refractivity contribution in [2.45, 2.75) is 19.9 Å². The van der Waals surface area contributed by atoms with Gasteiger partial charge in [0.15, 0.2) is 0 Å². The number of aromatic nitrogens is 1. The molecule has 0 saturated carbocycles. The maximum Gasteiger partial charge on any atom is 0.224 e. The van der Waals surface area contributed by atoms with Gasteiger partial charge >= 0.3 is 0 Å². The molecule has 1 N–H and O–H groups in total. The molecular formula is C11H15ClN2O. The Morgan fingerprint density at radius 1 is 1.60 bits per heavy atom. The van der Waals surface area contributed by atoms with Gasteiger partial charge in [0.2, 0.25) is 5.91 Å². The van der Waals surface area contributed by atoms with Gasteiger partial charge in [0.25, 0.3) is 0 Å². The van der Waals surface area contributed by atoms with Gasteiger partial charge in [-0.3, -0.25) is 9.78 Å². The first-order valence-corrected chi connectivity index (χ1v) is 5.45. The second-order valence-corrected chi connectivity index (χ2v) is 3.88. The zero-order valence-corrected chi connectivity index (χ0v) is 9.66.